The molecule has 14 heavy (non-hydrogen) atoms. The van der Waals surface area contributed by atoms with E-state index in [1.165, 1.54) is 0 Å². The normalized spacial score (nSPS) is 10.5. The van der Waals surface area contributed by atoms with Crippen LogP contribution in [0.15, 0.2) is 29.0 Å². The maximum atomic E-state index is 4.27. The number of aryl methyl sites for hydroxylation is 1. The van der Waals surface area contributed by atoms with Gasteiger partial charge in [-0.05, 0) is 31.5 Å². The van der Waals surface area contributed by atoms with Crippen molar-refractivity contribution in [3.63, 3.8) is 0 Å². The van der Waals surface area contributed by atoms with E-state index < -0.39 is 0 Å². The molecule has 0 aliphatic carbocycles. The van der Waals surface area contributed by atoms with Gasteiger partial charge < -0.3 is 0 Å². The van der Waals surface area contributed by atoms with Crippen LogP contribution >= 0.6 is 15.9 Å². The van der Waals surface area contributed by atoms with Crippen LogP contribution in [0.5, 0.6) is 0 Å². The van der Waals surface area contributed by atoms with Crippen LogP contribution in [0.2, 0.25) is 0 Å². The lowest BCUT2D eigenvalue weighted by atomic mass is 10.2. The van der Waals surface area contributed by atoms with Gasteiger partial charge in [0.1, 0.15) is 12.2 Å². The van der Waals surface area contributed by atoms with E-state index in [4.69, 9.17) is 0 Å². The predicted molar refractivity (Wildman–Crippen MR) is 58.5 cm³/mol. The molecule has 0 fully saturated rings. The third-order valence-electron chi connectivity index (χ3n) is 2.09. The molecule has 0 spiro atoms. The minimum atomic E-state index is 0.782. The van der Waals surface area contributed by atoms with Crippen molar-refractivity contribution in [2.45, 2.75) is 13.8 Å². The van der Waals surface area contributed by atoms with Crippen LogP contribution in [0.1, 0.15) is 11.4 Å². The first kappa shape index (κ1) is 9.40. The molecule has 0 N–H and O–H groups in total. The zero-order valence-corrected chi connectivity index (χ0v) is 9.62. The third-order valence-corrected chi connectivity index (χ3v) is 2.95. The van der Waals surface area contributed by atoms with Gasteiger partial charge in [-0.1, -0.05) is 22.0 Å². The largest absolute Gasteiger partial charge is 0.220 e. The maximum Gasteiger partial charge on any atom is 0.147 e. The summed E-state index contributed by atoms with van der Waals surface area (Å²) in [5.41, 5.74) is 2.22. The van der Waals surface area contributed by atoms with Gasteiger partial charge in [0.05, 0.1) is 5.69 Å². The number of aromatic nitrogens is 3. The van der Waals surface area contributed by atoms with E-state index >= 15 is 0 Å². The lowest BCUT2D eigenvalue weighted by molar-refractivity contribution is 0.855. The standard InChI is InChI=1S/C10H10BrN3/c1-7-9(11)4-3-5-10(7)14-6-12-8(2)13-14/h3-6H,1-2H3. The van der Waals surface area contributed by atoms with Crippen LogP contribution in [0.25, 0.3) is 5.69 Å². The Hall–Kier alpha value is -1.16. The van der Waals surface area contributed by atoms with Crippen molar-refractivity contribution in [1.82, 2.24) is 14.8 Å². The molecule has 1 aromatic carbocycles. The summed E-state index contributed by atoms with van der Waals surface area (Å²) in [7, 11) is 0. The van der Waals surface area contributed by atoms with Crippen LogP contribution in [0.3, 0.4) is 0 Å². The SMILES string of the molecule is Cc1ncn(-c2cccc(Br)c2C)n1. The highest BCUT2D eigenvalue weighted by molar-refractivity contribution is 9.10. The van der Waals surface area contributed by atoms with Gasteiger partial charge in [-0.3, -0.25) is 0 Å². The van der Waals surface area contributed by atoms with Crippen LogP contribution in [0.4, 0.5) is 0 Å². The highest BCUT2D eigenvalue weighted by Crippen LogP contribution is 2.21. The molecular formula is C10H10BrN3. The highest BCUT2D eigenvalue weighted by Gasteiger charge is 2.04. The van der Waals surface area contributed by atoms with Gasteiger partial charge in [0.25, 0.3) is 0 Å². The number of benzene rings is 1. The van der Waals surface area contributed by atoms with Crippen LogP contribution in [-0.4, -0.2) is 14.8 Å². The molecule has 0 aliphatic rings. The molecule has 0 radical (unpaired) electrons. The fraction of sp³-hybridized carbons (Fsp3) is 0.200. The lowest BCUT2D eigenvalue weighted by Crippen LogP contribution is -1.98. The molecule has 0 amide bonds. The summed E-state index contributed by atoms with van der Waals surface area (Å²) >= 11 is 3.49. The quantitative estimate of drug-likeness (QED) is 0.781. The minimum Gasteiger partial charge on any atom is -0.220 e. The molecule has 0 bridgehead atoms. The number of hydrogen-bond donors (Lipinski definition) is 0. The summed E-state index contributed by atoms with van der Waals surface area (Å²) < 4.78 is 2.87. The van der Waals surface area contributed by atoms with E-state index in [0.29, 0.717) is 0 Å². The molecule has 0 atom stereocenters. The highest BCUT2D eigenvalue weighted by atomic mass is 79.9. The zero-order valence-electron chi connectivity index (χ0n) is 8.03. The van der Waals surface area contributed by atoms with Gasteiger partial charge in [-0.2, -0.15) is 5.10 Å². The molecule has 1 heterocycles. The van der Waals surface area contributed by atoms with Crippen molar-refractivity contribution in [3.8, 4) is 5.69 Å². The van der Waals surface area contributed by atoms with E-state index in [1.54, 1.807) is 11.0 Å². The average Bonchev–Trinajstić information content (AvgIpc) is 2.57. The first-order valence-electron chi connectivity index (χ1n) is 4.32. The second kappa shape index (κ2) is 3.53. The van der Waals surface area contributed by atoms with Crippen molar-refractivity contribution in [1.29, 1.82) is 0 Å². The Morgan fingerprint density at radius 3 is 2.71 bits per heavy atom. The Labute approximate surface area is 90.9 Å². The molecule has 0 aliphatic heterocycles. The zero-order chi connectivity index (χ0) is 10.1. The molecule has 4 heteroatoms. The average molecular weight is 252 g/mol. The fourth-order valence-corrected chi connectivity index (χ4v) is 1.66. The summed E-state index contributed by atoms with van der Waals surface area (Å²) in [5.74, 6) is 0.782. The first-order chi connectivity index (χ1) is 6.68. The van der Waals surface area contributed by atoms with Crippen LogP contribution in [0, 0.1) is 13.8 Å². The Morgan fingerprint density at radius 1 is 1.29 bits per heavy atom. The second-order valence-corrected chi connectivity index (χ2v) is 3.97. The summed E-state index contributed by atoms with van der Waals surface area (Å²) in [6, 6.07) is 6.03. The number of rotatable bonds is 1. The van der Waals surface area contributed by atoms with Gasteiger partial charge in [0.2, 0.25) is 0 Å². The molecule has 72 valence electrons. The van der Waals surface area contributed by atoms with Crippen molar-refractivity contribution < 1.29 is 0 Å². The van der Waals surface area contributed by atoms with Crippen molar-refractivity contribution in [2.24, 2.45) is 0 Å². The number of hydrogen-bond acceptors (Lipinski definition) is 2. The van der Waals surface area contributed by atoms with E-state index in [9.17, 15) is 0 Å². The van der Waals surface area contributed by atoms with Gasteiger partial charge in [0.15, 0.2) is 0 Å². The van der Waals surface area contributed by atoms with Crippen LogP contribution < -0.4 is 0 Å². The molecule has 3 nitrogen and oxygen atoms in total. The summed E-state index contributed by atoms with van der Waals surface area (Å²) in [6.45, 7) is 3.93. The Kier molecular flexibility index (Phi) is 2.37. The molecule has 0 saturated heterocycles. The summed E-state index contributed by atoms with van der Waals surface area (Å²) in [4.78, 5) is 4.10. The number of nitrogens with zero attached hydrogens (tertiary/aromatic N) is 3. The molecule has 0 unspecified atom stereocenters. The van der Waals surface area contributed by atoms with Gasteiger partial charge >= 0.3 is 0 Å². The van der Waals surface area contributed by atoms with Gasteiger partial charge in [-0.25, -0.2) is 9.67 Å². The topological polar surface area (TPSA) is 30.7 Å². The van der Waals surface area contributed by atoms with Crippen molar-refractivity contribution in [2.75, 3.05) is 0 Å². The monoisotopic (exact) mass is 251 g/mol. The van der Waals surface area contributed by atoms with E-state index in [-0.39, 0.29) is 0 Å². The Balaban J connectivity index is 2.57. The molecule has 2 aromatic rings. The van der Waals surface area contributed by atoms with Crippen molar-refractivity contribution >= 4 is 15.9 Å². The van der Waals surface area contributed by atoms with E-state index in [2.05, 4.69) is 32.9 Å². The molecular weight excluding hydrogens is 242 g/mol. The lowest BCUT2D eigenvalue weighted by Gasteiger charge is -2.05. The summed E-state index contributed by atoms with van der Waals surface area (Å²) in [5, 5.41) is 4.27. The fourth-order valence-electron chi connectivity index (χ4n) is 1.31. The Morgan fingerprint density at radius 2 is 2.07 bits per heavy atom. The van der Waals surface area contributed by atoms with Gasteiger partial charge in [-0.15, -0.1) is 0 Å². The second-order valence-electron chi connectivity index (χ2n) is 3.12. The molecule has 2 rings (SSSR count). The summed E-state index contributed by atoms with van der Waals surface area (Å²) in [6.07, 6.45) is 1.73. The Bertz CT molecular complexity index is 462. The smallest absolute Gasteiger partial charge is 0.147 e. The first-order valence-corrected chi connectivity index (χ1v) is 5.11. The number of halogens is 1. The van der Waals surface area contributed by atoms with Gasteiger partial charge in [0, 0.05) is 4.47 Å². The van der Waals surface area contributed by atoms with E-state index in [1.807, 2.05) is 25.1 Å². The minimum absolute atomic E-state index is 0.782. The van der Waals surface area contributed by atoms with Crippen molar-refractivity contribution in [3.05, 3.63) is 40.4 Å². The third kappa shape index (κ3) is 1.57. The van der Waals surface area contributed by atoms with E-state index in [0.717, 1.165) is 21.5 Å². The van der Waals surface area contributed by atoms with Crippen LogP contribution in [-0.2, 0) is 0 Å². The molecule has 1 aromatic heterocycles. The molecule has 0 saturated carbocycles. The predicted octanol–water partition coefficient (Wildman–Crippen LogP) is 2.65. The maximum absolute atomic E-state index is 4.27.